The van der Waals surface area contributed by atoms with Crippen LogP contribution in [0.3, 0.4) is 0 Å². The van der Waals surface area contributed by atoms with E-state index in [1.54, 1.807) is 0 Å². The van der Waals surface area contributed by atoms with Gasteiger partial charge in [-0.1, -0.05) is 60.7 Å². The van der Waals surface area contributed by atoms with Crippen molar-refractivity contribution in [2.45, 2.75) is 0 Å². The maximum atomic E-state index is 4.78. The number of fused-ring (bicyclic) bond motifs is 4. The second-order valence-electron chi connectivity index (χ2n) is 5.79. The third kappa shape index (κ3) is 1.85. The van der Waals surface area contributed by atoms with Gasteiger partial charge in [0.05, 0.1) is 11.0 Å². The second kappa shape index (κ2) is 4.68. The highest BCUT2D eigenvalue weighted by atomic mass is 14.9. The molecule has 0 aliphatic heterocycles. The summed E-state index contributed by atoms with van der Waals surface area (Å²) in [6.07, 6.45) is 0. The molecular formula is C21H14N2. The monoisotopic (exact) mass is 294 g/mol. The van der Waals surface area contributed by atoms with Crippen LogP contribution in [0.1, 0.15) is 0 Å². The molecule has 0 radical (unpaired) electrons. The quantitative estimate of drug-likeness (QED) is 0.404. The minimum Gasteiger partial charge on any atom is -0.338 e. The molecule has 2 heteroatoms. The third-order valence-electron chi connectivity index (χ3n) is 4.41. The van der Waals surface area contributed by atoms with Crippen molar-refractivity contribution in [3.8, 4) is 11.4 Å². The molecule has 1 N–H and O–H groups in total. The smallest absolute Gasteiger partial charge is 0.139 e. The lowest BCUT2D eigenvalue weighted by Gasteiger charge is -2.08. The average Bonchev–Trinajstić information content (AvgIpc) is 3.05. The van der Waals surface area contributed by atoms with Crippen molar-refractivity contribution >= 4 is 32.6 Å². The van der Waals surface area contributed by atoms with Gasteiger partial charge in [0.25, 0.3) is 0 Å². The van der Waals surface area contributed by atoms with Crippen LogP contribution in [0.5, 0.6) is 0 Å². The van der Waals surface area contributed by atoms with E-state index in [4.69, 9.17) is 4.98 Å². The SMILES string of the molecule is c1ccc2c(c1)cc(-c1nc3ccccc3[nH]1)c1ccccc12. The van der Waals surface area contributed by atoms with Gasteiger partial charge in [0, 0.05) is 5.56 Å². The van der Waals surface area contributed by atoms with Gasteiger partial charge in [-0.05, 0) is 39.7 Å². The highest BCUT2D eigenvalue weighted by molar-refractivity contribution is 6.13. The van der Waals surface area contributed by atoms with Crippen LogP contribution in [0.4, 0.5) is 0 Å². The Morgan fingerprint density at radius 1 is 0.652 bits per heavy atom. The third-order valence-corrected chi connectivity index (χ3v) is 4.41. The number of hydrogen-bond donors (Lipinski definition) is 1. The van der Waals surface area contributed by atoms with Gasteiger partial charge >= 0.3 is 0 Å². The van der Waals surface area contributed by atoms with E-state index < -0.39 is 0 Å². The summed E-state index contributed by atoms with van der Waals surface area (Å²) in [7, 11) is 0. The first kappa shape index (κ1) is 12.4. The first-order chi connectivity index (χ1) is 11.4. The van der Waals surface area contributed by atoms with Crippen molar-refractivity contribution in [1.82, 2.24) is 9.97 Å². The summed E-state index contributed by atoms with van der Waals surface area (Å²) in [6, 6.07) is 27.4. The number of nitrogens with zero attached hydrogens (tertiary/aromatic N) is 1. The van der Waals surface area contributed by atoms with E-state index in [1.807, 2.05) is 18.2 Å². The standard InChI is InChI=1S/C21H14N2/c1-2-8-15-14(7-1)13-18(17-10-4-3-9-16(15)17)21-22-19-11-5-6-12-20(19)23-21/h1-13H,(H,22,23). The van der Waals surface area contributed by atoms with Gasteiger partial charge in [-0.15, -0.1) is 0 Å². The van der Waals surface area contributed by atoms with Gasteiger partial charge < -0.3 is 4.98 Å². The molecule has 0 spiro atoms. The van der Waals surface area contributed by atoms with Crippen molar-refractivity contribution in [3.05, 3.63) is 78.9 Å². The van der Waals surface area contributed by atoms with E-state index in [-0.39, 0.29) is 0 Å². The summed E-state index contributed by atoms with van der Waals surface area (Å²) in [5.41, 5.74) is 3.22. The maximum Gasteiger partial charge on any atom is 0.139 e. The number of rotatable bonds is 1. The predicted octanol–water partition coefficient (Wildman–Crippen LogP) is 5.54. The molecule has 0 saturated carbocycles. The van der Waals surface area contributed by atoms with Crippen molar-refractivity contribution in [2.24, 2.45) is 0 Å². The van der Waals surface area contributed by atoms with Crippen LogP contribution < -0.4 is 0 Å². The molecule has 0 aliphatic rings. The second-order valence-corrected chi connectivity index (χ2v) is 5.79. The average molecular weight is 294 g/mol. The summed E-state index contributed by atoms with van der Waals surface area (Å²) in [4.78, 5) is 8.24. The number of imidazole rings is 1. The fraction of sp³-hybridized carbons (Fsp3) is 0. The molecule has 4 aromatic carbocycles. The molecule has 1 aromatic heterocycles. The Morgan fingerprint density at radius 2 is 1.35 bits per heavy atom. The summed E-state index contributed by atoms with van der Waals surface area (Å²) in [5, 5.41) is 5.01. The van der Waals surface area contributed by atoms with Gasteiger partial charge in [-0.25, -0.2) is 4.98 Å². The number of aromatic amines is 1. The number of aromatic nitrogens is 2. The van der Waals surface area contributed by atoms with Crippen LogP contribution >= 0.6 is 0 Å². The van der Waals surface area contributed by atoms with Gasteiger partial charge in [0.15, 0.2) is 0 Å². The van der Waals surface area contributed by atoms with Gasteiger partial charge in [-0.3, -0.25) is 0 Å². The number of benzene rings is 4. The Labute approximate surface area is 133 Å². The highest BCUT2D eigenvalue weighted by Crippen LogP contribution is 2.34. The Kier molecular flexibility index (Phi) is 2.53. The molecule has 5 rings (SSSR count). The number of hydrogen-bond acceptors (Lipinski definition) is 1. The molecule has 5 aromatic rings. The molecule has 1 heterocycles. The summed E-state index contributed by atoms with van der Waals surface area (Å²) < 4.78 is 0. The van der Waals surface area contributed by atoms with Gasteiger partial charge in [0.2, 0.25) is 0 Å². The Morgan fingerprint density at radius 3 is 2.22 bits per heavy atom. The Bertz CT molecular complexity index is 1140. The number of H-pyrrole nitrogens is 1. The predicted molar refractivity (Wildman–Crippen MR) is 96.5 cm³/mol. The minimum absolute atomic E-state index is 0.924. The first-order valence-corrected chi connectivity index (χ1v) is 7.76. The largest absolute Gasteiger partial charge is 0.338 e. The molecule has 23 heavy (non-hydrogen) atoms. The molecule has 0 bridgehead atoms. The van der Waals surface area contributed by atoms with Crippen LogP contribution in [0.25, 0.3) is 44.0 Å². The zero-order valence-corrected chi connectivity index (χ0v) is 12.5. The summed E-state index contributed by atoms with van der Waals surface area (Å²) >= 11 is 0. The molecule has 0 aliphatic carbocycles. The lowest BCUT2D eigenvalue weighted by atomic mass is 9.97. The zero-order chi connectivity index (χ0) is 15.2. The summed E-state index contributed by atoms with van der Waals surface area (Å²) in [5.74, 6) is 0.924. The Hall–Kier alpha value is -3.13. The minimum atomic E-state index is 0.924. The fourth-order valence-electron chi connectivity index (χ4n) is 3.33. The topological polar surface area (TPSA) is 28.7 Å². The van der Waals surface area contributed by atoms with Crippen molar-refractivity contribution in [2.75, 3.05) is 0 Å². The van der Waals surface area contributed by atoms with Crippen LogP contribution in [-0.2, 0) is 0 Å². The van der Waals surface area contributed by atoms with E-state index in [0.29, 0.717) is 0 Å². The van der Waals surface area contributed by atoms with Crippen LogP contribution in [0, 0.1) is 0 Å². The molecular weight excluding hydrogens is 280 g/mol. The number of nitrogens with one attached hydrogen (secondary N) is 1. The number of para-hydroxylation sites is 2. The van der Waals surface area contributed by atoms with Crippen LogP contribution in [0.2, 0.25) is 0 Å². The van der Waals surface area contributed by atoms with Crippen molar-refractivity contribution in [3.63, 3.8) is 0 Å². The zero-order valence-electron chi connectivity index (χ0n) is 12.5. The van der Waals surface area contributed by atoms with Crippen LogP contribution in [0.15, 0.2) is 78.9 Å². The van der Waals surface area contributed by atoms with E-state index in [2.05, 4.69) is 65.6 Å². The van der Waals surface area contributed by atoms with E-state index in [0.717, 1.165) is 22.4 Å². The molecule has 0 fully saturated rings. The molecule has 0 saturated heterocycles. The Balaban J connectivity index is 1.92. The maximum absolute atomic E-state index is 4.78. The van der Waals surface area contributed by atoms with Crippen molar-refractivity contribution in [1.29, 1.82) is 0 Å². The van der Waals surface area contributed by atoms with E-state index in [1.165, 1.54) is 21.5 Å². The van der Waals surface area contributed by atoms with Crippen LogP contribution in [-0.4, -0.2) is 9.97 Å². The van der Waals surface area contributed by atoms with E-state index in [9.17, 15) is 0 Å². The summed E-state index contributed by atoms with van der Waals surface area (Å²) in [6.45, 7) is 0. The lowest BCUT2D eigenvalue weighted by Crippen LogP contribution is -1.86. The molecule has 0 atom stereocenters. The highest BCUT2D eigenvalue weighted by Gasteiger charge is 2.11. The normalized spacial score (nSPS) is 11.5. The first-order valence-electron chi connectivity index (χ1n) is 7.76. The molecule has 0 unspecified atom stereocenters. The fourth-order valence-corrected chi connectivity index (χ4v) is 3.33. The van der Waals surface area contributed by atoms with Gasteiger partial charge in [0.1, 0.15) is 5.82 Å². The molecule has 0 amide bonds. The lowest BCUT2D eigenvalue weighted by molar-refractivity contribution is 1.35. The van der Waals surface area contributed by atoms with E-state index >= 15 is 0 Å². The molecule has 2 nitrogen and oxygen atoms in total. The molecule has 108 valence electrons. The van der Waals surface area contributed by atoms with Crippen molar-refractivity contribution < 1.29 is 0 Å². The van der Waals surface area contributed by atoms with Gasteiger partial charge in [-0.2, -0.15) is 0 Å².